The molecule has 0 spiro atoms. The predicted octanol–water partition coefficient (Wildman–Crippen LogP) is 2.64. The zero-order chi connectivity index (χ0) is 15.5. The van der Waals surface area contributed by atoms with Crippen LogP contribution < -0.4 is 0 Å². The summed E-state index contributed by atoms with van der Waals surface area (Å²) in [6, 6.07) is 6.03. The Labute approximate surface area is 132 Å². The summed E-state index contributed by atoms with van der Waals surface area (Å²) in [4.78, 5) is 0. The van der Waals surface area contributed by atoms with E-state index in [1.165, 1.54) is 12.1 Å². The van der Waals surface area contributed by atoms with E-state index in [4.69, 9.17) is 16.3 Å². The van der Waals surface area contributed by atoms with Crippen LogP contribution in [0.3, 0.4) is 0 Å². The lowest BCUT2D eigenvalue weighted by molar-refractivity contribution is 0.0397. The number of halogens is 2. The molecule has 1 aromatic carbocycles. The lowest BCUT2D eigenvalue weighted by atomic mass is 10.3. The van der Waals surface area contributed by atoms with Crippen LogP contribution in [0.25, 0.3) is 5.69 Å². The zero-order valence-electron chi connectivity index (χ0n) is 12.2. The van der Waals surface area contributed by atoms with E-state index in [1.54, 1.807) is 23.0 Å². The maximum absolute atomic E-state index is 13.0. The highest BCUT2D eigenvalue weighted by Crippen LogP contribution is 2.22. The van der Waals surface area contributed by atoms with Crippen LogP contribution in [0.2, 0.25) is 5.15 Å². The molecule has 22 heavy (non-hydrogen) atoms. The largest absolute Gasteiger partial charge is 0.378 e. The number of ether oxygens (including phenoxy) is 1. The fourth-order valence-electron chi connectivity index (χ4n) is 2.22. The first-order chi connectivity index (χ1) is 10.6. The normalized spacial score (nSPS) is 15.7. The van der Waals surface area contributed by atoms with E-state index >= 15 is 0 Å². The average molecular weight is 323 g/mol. The number of hydrazone groups is 1. The van der Waals surface area contributed by atoms with Crippen molar-refractivity contribution in [1.29, 1.82) is 0 Å². The second-order valence-electron chi connectivity index (χ2n) is 4.99. The second-order valence-corrected chi connectivity index (χ2v) is 5.35. The Balaban J connectivity index is 1.86. The van der Waals surface area contributed by atoms with Crippen LogP contribution in [0, 0.1) is 12.7 Å². The van der Waals surface area contributed by atoms with Crippen molar-refractivity contribution in [2.24, 2.45) is 5.10 Å². The summed E-state index contributed by atoms with van der Waals surface area (Å²) in [5.74, 6) is -0.294. The number of nitrogens with zero attached hydrogens (tertiary/aromatic N) is 4. The monoisotopic (exact) mass is 322 g/mol. The molecule has 1 aromatic heterocycles. The molecule has 5 nitrogen and oxygen atoms in total. The van der Waals surface area contributed by atoms with Crippen LogP contribution in [0.15, 0.2) is 29.4 Å². The van der Waals surface area contributed by atoms with Crippen molar-refractivity contribution in [2.45, 2.75) is 6.92 Å². The van der Waals surface area contributed by atoms with Gasteiger partial charge in [-0.05, 0) is 31.2 Å². The van der Waals surface area contributed by atoms with Gasteiger partial charge in [0.05, 0.1) is 49.5 Å². The Bertz CT molecular complexity index is 678. The van der Waals surface area contributed by atoms with Crippen LogP contribution in [-0.2, 0) is 4.74 Å². The van der Waals surface area contributed by atoms with Gasteiger partial charge in [0, 0.05) is 0 Å². The maximum Gasteiger partial charge on any atom is 0.142 e. The van der Waals surface area contributed by atoms with Crippen LogP contribution in [0.4, 0.5) is 4.39 Å². The molecule has 0 atom stereocenters. The van der Waals surface area contributed by atoms with Crippen molar-refractivity contribution in [3.63, 3.8) is 0 Å². The summed E-state index contributed by atoms with van der Waals surface area (Å²) in [5.41, 5.74) is 2.24. The second kappa shape index (κ2) is 6.46. The van der Waals surface area contributed by atoms with E-state index in [9.17, 15) is 4.39 Å². The summed E-state index contributed by atoms with van der Waals surface area (Å²) in [6.45, 7) is 4.75. The van der Waals surface area contributed by atoms with Crippen molar-refractivity contribution in [3.05, 3.63) is 46.5 Å². The minimum Gasteiger partial charge on any atom is -0.378 e. The quantitative estimate of drug-likeness (QED) is 0.816. The number of hydrogen-bond donors (Lipinski definition) is 0. The van der Waals surface area contributed by atoms with E-state index in [0.29, 0.717) is 24.1 Å². The third-order valence-electron chi connectivity index (χ3n) is 3.46. The number of hydrogen-bond acceptors (Lipinski definition) is 4. The summed E-state index contributed by atoms with van der Waals surface area (Å²) in [5, 5.41) is 11.2. The molecular weight excluding hydrogens is 307 g/mol. The van der Waals surface area contributed by atoms with Gasteiger partial charge in [0.2, 0.25) is 0 Å². The molecular formula is C15H16ClFN4O. The molecule has 0 unspecified atom stereocenters. The lowest BCUT2D eigenvalue weighted by Gasteiger charge is -2.23. The molecule has 1 aliphatic rings. The van der Waals surface area contributed by atoms with Gasteiger partial charge < -0.3 is 4.74 Å². The first-order valence-corrected chi connectivity index (χ1v) is 7.40. The lowest BCUT2D eigenvalue weighted by Crippen LogP contribution is -2.32. The Morgan fingerprint density at radius 3 is 2.64 bits per heavy atom. The Kier molecular flexibility index (Phi) is 4.40. The van der Waals surface area contributed by atoms with E-state index < -0.39 is 0 Å². The Hall–Kier alpha value is -1.92. The Morgan fingerprint density at radius 2 is 1.95 bits per heavy atom. The van der Waals surface area contributed by atoms with E-state index in [1.807, 2.05) is 11.9 Å². The van der Waals surface area contributed by atoms with Gasteiger partial charge in [0.15, 0.2) is 0 Å². The minimum atomic E-state index is -0.294. The highest BCUT2D eigenvalue weighted by molar-refractivity contribution is 6.32. The van der Waals surface area contributed by atoms with Gasteiger partial charge in [-0.15, -0.1) is 0 Å². The molecule has 1 aliphatic heterocycles. The summed E-state index contributed by atoms with van der Waals surface area (Å²) < 4.78 is 19.9. The molecule has 2 aromatic rings. The fraction of sp³-hybridized carbons (Fsp3) is 0.333. The number of rotatable bonds is 3. The van der Waals surface area contributed by atoms with Gasteiger partial charge in [-0.3, -0.25) is 5.01 Å². The first kappa shape index (κ1) is 15.0. The smallest absolute Gasteiger partial charge is 0.142 e. The predicted molar refractivity (Wildman–Crippen MR) is 83.3 cm³/mol. The van der Waals surface area contributed by atoms with E-state index in [0.717, 1.165) is 24.3 Å². The summed E-state index contributed by atoms with van der Waals surface area (Å²) in [7, 11) is 0. The van der Waals surface area contributed by atoms with Gasteiger partial charge in [-0.25, -0.2) is 9.07 Å². The zero-order valence-corrected chi connectivity index (χ0v) is 12.9. The molecule has 0 aliphatic carbocycles. The topological polar surface area (TPSA) is 42.7 Å². The number of morpholine rings is 1. The van der Waals surface area contributed by atoms with Crippen LogP contribution in [0.5, 0.6) is 0 Å². The molecule has 3 rings (SSSR count). The van der Waals surface area contributed by atoms with E-state index in [2.05, 4.69) is 10.2 Å². The van der Waals surface area contributed by atoms with Crippen molar-refractivity contribution >= 4 is 17.8 Å². The van der Waals surface area contributed by atoms with Gasteiger partial charge in [0.25, 0.3) is 0 Å². The summed E-state index contributed by atoms with van der Waals surface area (Å²) >= 11 is 6.39. The highest BCUT2D eigenvalue weighted by Gasteiger charge is 2.14. The molecule has 116 valence electrons. The van der Waals surface area contributed by atoms with Crippen molar-refractivity contribution in [1.82, 2.24) is 14.8 Å². The van der Waals surface area contributed by atoms with Crippen molar-refractivity contribution in [2.75, 3.05) is 26.3 Å². The third-order valence-corrected chi connectivity index (χ3v) is 3.82. The molecule has 0 saturated carbocycles. The molecule has 1 saturated heterocycles. The molecule has 2 heterocycles. The average Bonchev–Trinajstić information content (AvgIpc) is 2.82. The standard InChI is InChI=1S/C15H16ClFN4O/c1-11-14(10-18-20-6-8-22-9-7-20)15(16)21(19-11)13-4-2-12(17)3-5-13/h2-5,10H,6-9H2,1H3. The third kappa shape index (κ3) is 3.13. The molecule has 0 N–H and O–H groups in total. The molecule has 0 radical (unpaired) electrons. The van der Waals surface area contributed by atoms with Gasteiger partial charge in [-0.1, -0.05) is 11.6 Å². The van der Waals surface area contributed by atoms with Crippen LogP contribution in [-0.4, -0.2) is 47.3 Å². The maximum atomic E-state index is 13.0. The Morgan fingerprint density at radius 1 is 1.27 bits per heavy atom. The number of aryl methyl sites for hydroxylation is 1. The van der Waals surface area contributed by atoms with Crippen LogP contribution in [0.1, 0.15) is 11.3 Å². The van der Waals surface area contributed by atoms with Gasteiger partial charge in [-0.2, -0.15) is 10.2 Å². The van der Waals surface area contributed by atoms with Crippen LogP contribution >= 0.6 is 11.6 Å². The van der Waals surface area contributed by atoms with Crippen molar-refractivity contribution < 1.29 is 9.13 Å². The fourth-order valence-corrected chi connectivity index (χ4v) is 2.54. The molecule has 7 heteroatoms. The molecule has 0 amide bonds. The molecule has 1 fully saturated rings. The van der Waals surface area contributed by atoms with Gasteiger partial charge in [0.1, 0.15) is 11.0 Å². The first-order valence-electron chi connectivity index (χ1n) is 7.03. The van der Waals surface area contributed by atoms with Crippen molar-refractivity contribution in [3.8, 4) is 5.69 Å². The summed E-state index contributed by atoms with van der Waals surface area (Å²) in [6.07, 6.45) is 1.72. The molecule has 0 bridgehead atoms. The number of benzene rings is 1. The van der Waals surface area contributed by atoms with E-state index in [-0.39, 0.29) is 5.82 Å². The van der Waals surface area contributed by atoms with Gasteiger partial charge >= 0.3 is 0 Å². The minimum absolute atomic E-state index is 0.294. The SMILES string of the molecule is Cc1nn(-c2ccc(F)cc2)c(Cl)c1C=NN1CCOCC1. The number of aromatic nitrogens is 2. The highest BCUT2D eigenvalue weighted by atomic mass is 35.5.